The summed E-state index contributed by atoms with van der Waals surface area (Å²) in [7, 11) is 0. The Bertz CT molecular complexity index is 2960. The number of nitrogens with zero attached hydrogens (tertiary/aromatic N) is 4. The van der Waals surface area contributed by atoms with Crippen LogP contribution in [0.1, 0.15) is 0 Å². The lowest BCUT2D eigenvalue weighted by Crippen LogP contribution is -2.00. The largest absolute Gasteiger partial charge is 0.309 e. The molecule has 51 heavy (non-hydrogen) atoms. The highest BCUT2D eigenvalue weighted by molar-refractivity contribution is 6.21. The quantitative estimate of drug-likeness (QED) is 0.191. The lowest BCUT2D eigenvalue weighted by molar-refractivity contribution is 1.08. The van der Waals surface area contributed by atoms with Crippen LogP contribution in [0.5, 0.6) is 0 Å². The van der Waals surface area contributed by atoms with Crippen LogP contribution in [0.15, 0.2) is 170 Å². The molecule has 1 aliphatic rings. The molecule has 4 heteroatoms. The molecule has 8 aromatic carbocycles. The van der Waals surface area contributed by atoms with Gasteiger partial charge in [-0.05, 0) is 68.6 Å². The van der Waals surface area contributed by atoms with E-state index in [0.29, 0.717) is 17.5 Å². The molecule has 0 saturated heterocycles. The first-order valence-electron chi connectivity index (χ1n) is 17.3. The monoisotopic (exact) mass is 648 g/mol. The summed E-state index contributed by atoms with van der Waals surface area (Å²) in [4.78, 5) is 15.1. The van der Waals surface area contributed by atoms with Crippen molar-refractivity contribution in [1.29, 1.82) is 0 Å². The van der Waals surface area contributed by atoms with Gasteiger partial charge in [-0.15, -0.1) is 0 Å². The van der Waals surface area contributed by atoms with Crippen LogP contribution in [0, 0.1) is 0 Å². The Balaban J connectivity index is 1.16. The minimum Gasteiger partial charge on any atom is -0.309 e. The fraction of sp³-hybridized carbons (Fsp3) is 0. The Morgan fingerprint density at radius 2 is 0.941 bits per heavy atom. The van der Waals surface area contributed by atoms with Crippen molar-refractivity contribution in [3.63, 3.8) is 0 Å². The summed E-state index contributed by atoms with van der Waals surface area (Å²) in [6.45, 7) is 0. The van der Waals surface area contributed by atoms with Gasteiger partial charge in [0.2, 0.25) is 0 Å². The van der Waals surface area contributed by atoms with Gasteiger partial charge in [0, 0.05) is 33.0 Å². The molecule has 4 nitrogen and oxygen atoms in total. The second kappa shape index (κ2) is 10.8. The van der Waals surface area contributed by atoms with Gasteiger partial charge in [0.1, 0.15) is 0 Å². The van der Waals surface area contributed by atoms with Gasteiger partial charge in [0.05, 0.1) is 16.7 Å². The van der Waals surface area contributed by atoms with E-state index in [0.717, 1.165) is 22.1 Å². The first-order chi connectivity index (χ1) is 25.3. The van der Waals surface area contributed by atoms with Gasteiger partial charge >= 0.3 is 0 Å². The summed E-state index contributed by atoms with van der Waals surface area (Å²) in [5.74, 6) is 1.98. The maximum atomic E-state index is 5.10. The van der Waals surface area contributed by atoms with Gasteiger partial charge in [-0.3, -0.25) is 0 Å². The van der Waals surface area contributed by atoms with E-state index in [1.54, 1.807) is 0 Å². The van der Waals surface area contributed by atoms with E-state index < -0.39 is 0 Å². The van der Waals surface area contributed by atoms with Crippen LogP contribution in [0.4, 0.5) is 0 Å². The molecule has 0 bridgehead atoms. The van der Waals surface area contributed by atoms with Crippen molar-refractivity contribution in [3.05, 3.63) is 170 Å². The van der Waals surface area contributed by atoms with E-state index >= 15 is 0 Å². The summed E-state index contributed by atoms with van der Waals surface area (Å²) in [5, 5.41) is 7.36. The van der Waals surface area contributed by atoms with Crippen molar-refractivity contribution < 1.29 is 0 Å². The number of fused-ring (bicyclic) bond motifs is 7. The third-order valence-corrected chi connectivity index (χ3v) is 10.4. The Hall–Kier alpha value is -6.91. The average molecular weight is 649 g/mol. The maximum Gasteiger partial charge on any atom is 0.164 e. The molecule has 0 radical (unpaired) electrons. The first kappa shape index (κ1) is 28.0. The van der Waals surface area contributed by atoms with E-state index in [1.807, 2.05) is 36.4 Å². The summed E-state index contributed by atoms with van der Waals surface area (Å²) in [5.41, 5.74) is 11.4. The third-order valence-electron chi connectivity index (χ3n) is 10.4. The van der Waals surface area contributed by atoms with Gasteiger partial charge in [0.25, 0.3) is 0 Å². The minimum absolute atomic E-state index is 0.659. The molecule has 0 spiro atoms. The summed E-state index contributed by atoms with van der Waals surface area (Å²) in [6, 6.07) is 60.3. The van der Waals surface area contributed by atoms with Crippen molar-refractivity contribution in [2.75, 3.05) is 0 Å². The first-order valence-corrected chi connectivity index (χ1v) is 17.3. The number of hydrogen-bond acceptors (Lipinski definition) is 3. The molecule has 0 atom stereocenters. The van der Waals surface area contributed by atoms with Crippen LogP contribution >= 0.6 is 0 Å². The van der Waals surface area contributed by atoms with Crippen LogP contribution in [0.2, 0.25) is 0 Å². The highest BCUT2D eigenvalue weighted by Gasteiger charge is 2.28. The molecule has 236 valence electrons. The van der Waals surface area contributed by atoms with Gasteiger partial charge in [-0.2, -0.15) is 0 Å². The van der Waals surface area contributed by atoms with Crippen molar-refractivity contribution >= 4 is 43.4 Å². The van der Waals surface area contributed by atoms with Gasteiger partial charge < -0.3 is 4.57 Å². The molecule has 0 fully saturated rings. The van der Waals surface area contributed by atoms with Crippen LogP contribution in [-0.2, 0) is 0 Å². The lowest BCUT2D eigenvalue weighted by atomic mass is 9.97. The molecule has 1 aliphatic carbocycles. The van der Waals surface area contributed by atoms with E-state index in [2.05, 4.69) is 138 Å². The zero-order valence-corrected chi connectivity index (χ0v) is 27.5. The fourth-order valence-corrected chi connectivity index (χ4v) is 8.11. The van der Waals surface area contributed by atoms with Crippen LogP contribution < -0.4 is 0 Å². The number of aromatic nitrogens is 4. The molecule has 0 amide bonds. The van der Waals surface area contributed by atoms with E-state index in [1.165, 1.54) is 65.9 Å². The van der Waals surface area contributed by atoms with Crippen molar-refractivity contribution in [3.8, 4) is 62.1 Å². The average Bonchev–Trinajstić information content (AvgIpc) is 3.71. The number of para-hydroxylation sites is 1. The predicted octanol–water partition coefficient (Wildman–Crippen LogP) is 11.9. The molecule has 0 aliphatic heterocycles. The highest BCUT2D eigenvalue weighted by Crippen LogP contribution is 2.52. The third kappa shape index (κ3) is 4.17. The molecule has 0 unspecified atom stereocenters. The fourth-order valence-electron chi connectivity index (χ4n) is 8.11. The molecule has 0 saturated carbocycles. The van der Waals surface area contributed by atoms with Gasteiger partial charge in [-0.1, -0.05) is 140 Å². The smallest absolute Gasteiger partial charge is 0.164 e. The number of rotatable bonds is 4. The van der Waals surface area contributed by atoms with Crippen molar-refractivity contribution in [1.82, 2.24) is 19.5 Å². The second-order valence-corrected chi connectivity index (χ2v) is 13.2. The Morgan fingerprint density at radius 3 is 1.71 bits per heavy atom. The summed E-state index contributed by atoms with van der Waals surface area (Å²) >= 11 is 0. The van der Waals surface area contributed by atoms with Crippen LogP contribution in [0.3, 0.4) is 0 Å². The summed E-state index contributed by atoms with van der Waals surface area (Å²) < 4.78 is 2.46. The molecule has 10 aromatic rings. The minimum atomic E-state index is 0.659. The number of benzene rings is 8. The molecule has 11 rings (SSSR count). The van der Waals surface area contributed by atoms with E-state index in [9.17, 15) is 0 Å². The maximum absolute atomic E-state index is 5.10. The molecular weight excluding hydrogens is 621 g/mol. The van der Waals surface area contributed by atoms with Crippen molar-refractivity contribution in [2.24, 2.45) is 0 Å². The highest BCUT2D eigenvalue weighted by atomic mass is 15.0. The molecule has 0 N–H and O–H groups in total. The Morgan fingerprint density at radius 1 is 0.353 bits per heavy atom. The summed E-state index contributed by atoms with van der Waals surface area (Å²) in [6.07, 6.45) is 0. The molecular formula is C47H28N4. The number of hydrogen-bond donors (Lipinski definition) is 0. The normalized spacial score (nSPS) is 11.9. The van der Waals surface area contributed by atoms with E-state index in [-0.39, 0.29) is 0 Å². The van der Waals surface area contributed by atoms with Gasteiger partial charge in [-0.25, -0.2) is 15.0 Å². The standard InChI is InChI=1S/C47H28N4/c1-3-13-29(14-4-1)45-48-46(30-15-5-2-6-16-30)50-47(49-45)37-25-26-38-43-34(20-11-21-36(37)43)35-22-12-24-41(44(35)38)51-40-23-10-9-19-33(40)39-27-31-17-7-8-18-32(31)28-42(39)51/h1-28H. The van der Waals surface area contributed by atoms with Gasteiger partial charge in [0.15, 0.2) is 17.5 Å². The molecule has 2 heterocycles. The molecule has 2 aromatic heterocycles. The Labute approximate surface area is 294 Å². The predicted molar refractivity (Wildman–Crippen MR) is 210 cm³/mol. The SMILES string of the molecule is c1ccc(-c2nc(-c3ccccc3)nc(-c3ccc4c5c(cccc35)-c3cccc(-n5c6ccccc6c6cc7ccccc7cc65)c3-4)n2)cc1. The van der Waals surface area contributed by atoms with Crippen LogP contribution in [-0.4, -0.2) is 19.5 Å². The zero-order valence-electron chi connectivity index (χ0n) is 27.5. The van der Waals surface area contributed by atoms with Crippen molar-refractivity contribution in [2.45, 2.75) is 0 Å². The van der Waals surface area contributed by atoms with Crippen LogP contribution in [0.25, 0.3) is 105 Å². The second-order valence-electron chi connectivity index (χ2n) is 13.2. The topological polar surface area (TPSA) is 43.6 Å². The lowest BCUT2D eigenvalue weighted by Gasteiger charge is -2.15. The Kier molecular flexibility index (Phi) is 5.92. The zero-order chi connectivity index (χ0) is 33.5. The van der Waals surface area contributed by atoms with E-state index in [4.69, 9.17) is 15.0 Å².